The summed E-state index contributed by atoms with van der Waals surface area (Å²) in [5, 5.41) is 21.6. The van der Waals surface area contributed by atoms with Crippen molar-refractivity contribution in [1.29, 1.82) is 0 Å². The summed E-state index contributed by atoms with van der Waals surface area (Å²) in [6, 6.07) is 0. The maximum absolute atomic E-state index is 13.9. The van der Waals surface area contributed by atoms with Crippen LogP contribution in [0.4, 0.5) is 5.95 Å². The van der Waals surface area contributed by atoms with Gasteiger partial charge in [0.1, 0.15) is 18.3 Å². The summed E-state index contributed by atoms with van der Waals surface area (Å²) in [5.74, 6) is -2.12. The number of nitrogens with one attached hydrogen (secondary N) is 2. The smallest absolute Gasteiger partial charge is 0.388 e. The minimum absolute atomic E-state index is 0.0398. The van der Waals surface area contributed by atoms with Crippen molar-refractivity contribution in [1.82, 2.24) is 34.5 Å². The van der Waals surface area contributed by atoms with Crippen molar-refractivity contribution in [3.8, 4) is 0 Å². The number of nitrogens with zero attached hydrogens (tertiary/aromatic N) is 6. The number of H-pyrrole nitrogens is 1. The topological polar surface area (TPSA) is 250 Å². The van der Waals surface area contributed by atoms with E-state index >= 15 is 0 Å². The van der Waals surface area contributed by atoms with E-state index in [0.717, 1.165) is 0 Å². The third-order valence-electron chi connectivity index (χ3n) is 7.28. The molecule has 0 spiro atoms. The number of hydrogen-bond acceptors (Lipinski definition) is 16. The van der Waals surface area contributed by atoms with Crippen LogP contribution in [0, 0.1) is 16.7 Å². The zero-order valence-electron chi connectivity index (χ0n) is 29.2. The highest BCUT2D eigenvalue weighted by atomic mass is 31.2. The Morgan fingerprint density at radius 3 is 2.22 bits per heavy atom. The summed E-state index contributed by atoms with van der Waals surface area (Å²) in [6.07, 6.45) is -1.78. The van der Waals surface area contributed by atoms with E-state index in [4.69, 9.17) is 28.0 Å². The van der Waals surface area contributed by atoms with Gasteiger partial charge in [-0.15, -0.1) is 5.10 Å². The number of hydrogen-bond donors (Lipinski definition) is 3. The van der Waals surface area contributed by atoms with Crippen molar-refractivity contribution >= 4 is 48.0 Å². The molecule has 3 aromatic rings. The Labute approximate surface area is 286 Å². The van der Waals surface area contributed by atoms with Crippen LogP contribution in [0.15, 0.2) is 17.3 Å². The molecule has 4 unspecified atom stereocenters. The SMILES string of the molecule is COC1C(O)C(Cn2cc(P(=O)(OCOC(=O)C(C)(C)C)OCOC(=O)C(C)(C)C)nn2)OC1n1cnc2c(=O)[nH]c(NC(=O)C(C)C)nc21. The van der Waals surface area contributed by atoms with E-state index in [0.29, 0.717) is 0 Å². The minimum atomic E-state index is -4.41. The van der Waals surface area contributed by atoms with Crippen molar-refractivity contribution in [3.05, 3.63) is 22.9 Å². The highest BCUT2D eigenvalue weighted by Gasteiger charge is 2.46. The van der Waals surface area contributed by atoms with Crippen molar-refractivity contribution in [3.63, 3.8) is 0 Å². The van der Waals surface area contributed by atoms with Gasteiger partial charge in [-0.25, -0.2) is 9.67 Å². The van der Waals surface area contributed by atoms with Gasteiger partial charge in [-0.3, -0.25) is 47.7 Å². The molecule has 4 rings (SSSR count). The molecule has 0 aromatic carbocycles. The largest absolute Gasteiger partial charge is 0.438 e. The van der Waals surface area contributed by atoms with E-state index in [2.05, 4.69) is 30.6 Å². The molecule has 276 valence electrons. The molecule has 0 aliphatic carbocycles. The molecule has 0 radical (unpaired) electrons. The van der Waals surface area contributed by atoms with Gasteiger partial charge < -0.3 is 24.1 Å². The number of carbonyl (C=O) groups is 3. The quantitative estimate of drug-likeness (QED) is 0.127. The molecule has 20 nitrogen and oxygen atoms in total. The number of esters is 2. The second-order valence-electron chi connectivity index (χ2n) is 13.8. The molecule has 50 heavy (non-hydrogen) atoms. The lowest BCUT2D eigenvalue weighted by molar-refractivity contribution is -0.161. The van der Waals surface area contributed by atoms with Gasteiger partial charge >= 0.3 is 19.5 Å². The maximum Gasteiger partial charge on any atom is 0.388 e. The first-order valence-electron chi connectivity index (χ1n) is 15.5. The number of aliphatic hydroxyl groups excluding tert-OH is 1. The van der Waals surface area contributed by atoms with Crippen molar-refractivity contribution in [2.45, 2.75) is 86.5 Å². The molecule has 1 aliphatic heterocycles. The molecule has 3 aromatic heterocycles. The van der Waals surface area contributed by atoms with Gasteiger partial charge in [0.05, 0.1) is 29.9 Å². The molecule has 3 N–H and O–H groups in total. The van der Waals surface area contributed by atoms with Gasteiger partial charge in [-0.05, 0) is 41.5 Å². The summed E-state index contributed by atoms with van der Waals surface area (Å²) in [4.78, 5) is 60.4. The van der Waals surface area contributed by atoms with E-state index in [-0.39, 0.29) is 40.9 Å². The fraction of sp³-hybridized carbons (Fsp3) is 0.655. The minimum Gasteiger partial charge on any atom is -0.438 e. The van der Waals surface area contributed by atoms with Crippen LogP contribution in [-0.4, -0.2) is 96.5 Å². The van der Waals surface area contributed by atoms with E-state index in [1.807, 2.05) is 0 Å². The van der Waals surface area contributed by atoms with E-state index in [1.165, 1.54) is 28.9 Å². The predicted molar refractivity (Wildman–Crippen MR) is 173 cm³/mol. The number of aliphatic hydroxyl groups is 1. The summed E-state index contributed by atoms with van der Waals surface area (Å²) in [6.45, 7) is 11.4. The van der Waals surface area contributed by atoms with Crippen LogP contribution in [0.5, 0.6) is 0 Å². The molecule has 1 fully saturated rings. The van der Waals surface area contributed by atoms with Gasteiger partial charge in [-0.2, -0.15) is 4.98 Å². The van der Waals surface area contributed by atoms with Gasteiger partial charge in [0.15, 0.2) is 22.8 Å². The molecule has 1 saturated heterocycles. The molecular formula is C29H43N8O12P. The van der Waals surface area contributed by atoms with Crippen LogP contribution < -0.4 is 16.3 Å². The van der Waals surface area contributed by atoms with Gasteiger partial charge in [-0.1, -0.05) is 19.1 Å². The Kier molecular flexibility index (Phi) is 11.6. The van der Waals surface area contributed by atoms with Crippen LogP contribution in [-0.2, 0) is 53.5 Å². The predicted octanol–water partition coefficient (Wildman–Crippen LogP) is 1.22. The maximum atomic E-state index is 13.9. The van der Waals surface area contributed by atoms with Crippen molar-refractivity contribution < 1.29 is 52.1 Å². The number of anilines is 1. The number of ether oxygens (including phenoxy) is 4. The fourth-order valence-electron chi connectivity index (χ4n) is 4.37. The van der Waals surface area contributed by atoms with E-state index < -0.39 is 74.0 Å². The van der Waals surface area contributed by atoms with E-state index in [9.17, 15) is 28.8 Å². The molecule has 1 aliphatic rings. The van der Waals surface area contributed by atoms with Crippen LogP contribution >= 0.6 is 7.60 Å². The number of aromatic nitrogens is 7. The van der Waals surface area contributed by atoms with Gasteiger partial charge in [0.25, 0.3) is 5.56 Å². The van der Waals surface area contributed by atoms with Crippen LogP contribution in [0.2, 0.25) is 0 Å². The molecule has 4 heterocycles. The van der Waals surface area contributed by atoms with Crippen LogP contribution in [0.3, 0.4) is 0 Å². The van der Waals surface area contributed by atoms with Crippen LogP contribution in [0.1, 0.15) is 61.6 Å². The Hall–Kier alpha value is -4.07. The number of amides is 1. The van der Waals surface area contributed by atoms with Crippen LogP contribution in [0.25, 0.3) is 11.2 Å². The molecule has 1 amide bonds. The first-order valence-corrected chi connectivity index (χ1v) is 17.1. The average molecular weight is 727 g/mol. The zero-order chi connectivity index (χ0) is 37.2. The lowest BCUT2D eigenvalue weighted by atomic mass is 9.98. The second kappa shape index (κ2) is 15.0. The highest BCUT2D eigenvalue weighted by Crippen LogP contribution is 2.46. The Bertz CT molecular complexity index is 1770. The number of carbonyl (C=O) groups excluding carboxylic acids is 3. The van der Waals surface area contributed by atoms with Gasteiger partial charge in [0.2, 0.25) is 25.4 Å². The highest BCUT2D eigenvalue weighted by molar-refractivity contribution is 7.61. The standard InChI is InChI=1S/C29H43N8O12P/c1-15(2)22(39)32-27-31-21-18(23(40)33-27)30-12-37(21)24-20(44-9)19(38)16(49-24)10-36-11-17(34-35-36)50(43,47-13-45-25(41)28(3,4)5)48-14-46-26(42)29(6,7)8/h11-12,15-16,19-20,24,38H,10,13-14H2,1-9H3,(H2,31,32,33,39,40). The fourth-order valence-corrected chi connectivity index (χ4v) is 5.52. The molecule has 21 heteroatoms. The second-order valence-corrected chi connectivity index (χ2v) is 15.8. The lowest BCUT2D eigenvalue weighted by Gasteiger charge is -2.20. The van der Waals surface area contributed by atoms with E-state index in [1.54, 1.807) is 55.4 Å². The monoisotopic (exact) mass is 726 g/mol. The van der Waals surface area contributed by atoms with Gasteiger partial charge in [0, 0.05) is 13.0 Å². The Morgan fingerprint density at radius 2 is 1.68 bits per heavy atom. The normalized spacial score (nSPS) is 20.0. The third kappa shape index (κ3) is 8.80. The first-order chi connectivity index (χ1) is 23.2. The first kappa shape index (κ1) is 38.7. The average Bonchev–Trinajstić information content (AvgIpc) is 3.74. The molecule has 4 atom stereocenters. The van der Waals surface area contributed by atoms with Crippen molar-refractivity contribution in [2.24, 2.45) is 16.7 Å². The lowest BCUT2D eigenvalue weighted by Crippen LogP contribution is -2.35. The van der Waals surface area contributed by atoms with Crippen molar-refractivity contribution in [2.75, 3.05) is 26.0 Å². The molecule has 0 bridgehead atoms. The summed E-state index contributed by atoms with van der Waals surface area (Å²) in [5.41, 5.74) is -2.65. The number of fused-ring (bicyclic) bond motifs is 1. The summed E-state index contributed by atoms with van der Waals surface area (Å²) < 4.78 is 49.0. The molecule has 0 saturated carbocycles. The number of methoxy groups -OCH3 is 1. The zero-order valence-corrected chi connectivity index (χ0v) is 30.1. The summed E-state index contributed by atoms with van der Waals surface area (Å²) in [7, 11) is -3.05. The third-order valence-corrected chi connectivity index (χ3v) is 8.94. The number of aromatic amines is 1. The summed E-state index contributed by atoms with van der Waals surface area (Å²) >= 11 is 0. The molecular weight excluding hydrogens is 683 g/mol. The Balaban J connectivity index is 1.54. The number of imidazole rings is 1. The number of rotatable bonds is 13. The Morgan fingerprint density at radius 1 is 1.08 bits per heavy atom.